The second-order valence-electron chi connectivity index (χ2n) is 5.39. The molecule has 0 radical (unpaired) electrons. The molecule has 0 aromatic carbocycles. The van der Waals surface area contributed by atoms with Gasteiger partial charge in [-0.25, -0.2) is 0 Å². The molecule has 1 saturated carbocycles. The summed E-state index contributed by atoms with van der Waals surface area (Å²) in [7, 11) is 0. The number of rotatable bonds is 9. The maximum Gasteiger partial charge on any atom is 0.0695 e. The zero-order valence-corrected chi connectivity index (χ0v) is 11.9. The molecule has 1 N–H and O–H groups in total. The quantitative estimate of drug-likeness (QED) is 0.358. The van der Waals surface area contributed by atoms with Gasteiger partial charge in [0.25, 0.3) is 0 Å². The number of allylic oxidation sites excluding steroid dienone is 5. The number of hydrogen-bond donors (Lipinski definition) is 1. The van der Waals surface area contributed by atoms with Gasteiger partial charge in [-0.3, -0.25) is 0 Å². The minimum absolute atomic E-state index is 0.336. The molecule has 0 amide bonds. The van der Waals surface area contributed by atoms with Crippen molar-refractivity contribution in [2.45, 2.75) is 58.5 Å². The van der Waals surface area contributed by atoms with Crippen molar-refractivity contribution < 1.29 is 5.11 Å². The van der Waals surface area contributed by atoms with Gasteiger partial charge in [0, 0.05) is 0 Å². The second kappa shape index (κ2) is 9.16. The fraction of sp³-hybridized carbons (Fsp3) is 0.647. The molecule has 0 aromatic heterocycles. The zero-order chi connectivity index (χ0) is 13.2. The highest BCUT2D eigenvalue weighted by atomic mass is 16.3. The number of unbranched alkanes of at least 4 members (excludes halogenated alkanes) is 2. The highest BCUT2D eigenvalue weighted by Gasteiger charge is 2.34. The summed E-state index contributed by atoms with van der Waals surface area (Å²) in [6.07, 6.45) is 20.1. The second-order valence-corrected chi connectivity index (χ2v) is 5.39. The van der Waals surface area contributed by atoms with E-state index in [4.69, 9.17) is 5.11 Å². The van der Waals surface area contributed by atoms with Crippen LogP contribution in [0.15, 0.2) is 36.5 Å². The molecule has 0 heterocycles. The van der Waals surface area contributed by atoms with Crippen molar-refractivity contribution in [3.63, 3.8) is 0 Å². The van der Waals surface area contributed by atoms with Crippen LogP contribution in [0.3, 0.4) is 0 Å². The summed E-state index contributed by atoms with van der Waals surface area (Å²) in [5.74, 6) is 1.82. The first kappa shape index (κ1) is 15.2. The Morgan fingerprint density at radius 3 is 2.50 bits per heavy atom. The van der Waals surface area contributed by atoms with Crippen molar-refractivity contribution in [3.8, 4) is 0 Å². The lowest BCUT2D eigenvalue weighted by molar-refractivity contribution is 0.244. The summed E-state index contributed by atoms with van der Waals surface area (Å²) in [5.41, 5.74) is 0. The van der Waals surface area contributed by atoms with Gasteiger partial charge in [-0.05, 0) is 44.4 Å². The maximum atomic E-state index is 9.05. The van der Waals surface area contributed by atoms with E-state index >= 15 is 0 Å². The van der Waals surface area contributed by atoms with Crippen molar-refractivity contribution in [2.24, 2.45) is 11.8 Å². The highest BCUT2D eigenvalue weighted by molar-refractivity contribution is 5.06. The Bertz CT molecular complexity index is 286. The van der Waals surface area contributed by atoms with Crippen LogP contribution in [0, 0.1) is 11.8 Å². The minimum Gasteiger partial charge on any atom is -0.389 e. The minimum atomic E-state index is -0.336. The lowest BCUT2D eigenvalue weighted by atomic mass is 10.1. The topological polar surface area (TPSA) is 20.2 Å². The normalized spacial score (nSPS) is 25.5. The molecular formula is C17H28O. The van der Waals surface area contributed by atoms with E-state index in [1.165, 1.54) is 38.5 Å². The molecule has 102 valence electrons. The highest BCUT2D eigenvalue weighted by Crippen LogP contribution is 2.44. The summed E-state index contributed by atoms with van der Waals surface area (Å²) in [6, 6.07) is 0. The van der Waals surface area contributed by atoms with Gasteiger partial charge < -0.3 is 5.11 Å². The average Bonchev–Trinajstić information content (AvgIpc) is 3.07. The fourth-order valence-corrected chi connectivity index (χ4v) is 2.16. The standard InChI is InChI=1S/C17H28O/c1-3-4-5-6-9-12-16-14-17(16)13-10-7-8-11-15(2)18/h6-11,15-18H,3-5,12-14H2,1-2H3/b9-6+,10-7+,11-8+. The molecule has 1 heteroatoms. The molecule has 0 bridgehead atoms. The molecule has 3 unspecified atom stereocenters. The maximum absolute atomic E-state index is 9.05. The molecule has 0 aromatic rings. The first-order chi connectivity index (χ1) is 8.74. The van der Waals surface area contributed by atoms with E-state index in [9.17, 15) is 0 Å². The average molecular weight is 248 g/mol. The molecule has 3 atom stereocenters. The van der Waals surface area contributed by atoms with Crippen molar-refractivity contribution in [3.05, 3.63) is 36.5 Å². The van der Waals surface area contributed by atoms with Crippen LogP contribution in [0.1, 0.15) is 52.4 Å². The summed E-state index contributed by atoms with van der Waals surface area (Å²) >= 11 is 0. The van der Waals surface area contributed by atoms with Crippen molar-refractivity contribution >= 4 is 0 Å². The van der Waals surface area contributed by atoms with Crippen molar-refractivity contribution in [2.75, 3.05) is 0 Å². The molecule has 1 aliphatic rings. The van der Waals surface area contributed by atoms with Crippen LogP contribution in [-0.2, 0) is 0 Å². The van der Waals surface area contributed by atoms with Gasteiger partial charge in [-0.15, -0.1) is 0 Å². The third-order valence-corrected chi connectivity index (χ3v) is 3.47. The van der Waals surface area contributed by atoms with Crippen molar-refractivity contribution in [1.29, 1.82) is 0 Å². The first-order valence-corrected chi connectivity index (χ1v) is 7.40. The Kier molecular flexibility index (Phi) is 7.75. The van der Waals surface area contributed by atoms with Crippen LogP contribution in [0.4, 0.5) is 0 Å². The monoisotopic (exact) mass is 248 g/mol. The Morgan fingerprint density at radius 2 is 1.83 bits per heavy atom. The Morgan fingerprint density at radius 1 is 1.11 bits per heavy atom. The van der Waals surface area contributed by atoms with Crippen molar-refractivity contribution in [1.82, 2.24) is 0 Å². The number of aliphatic hydroxyl groups is 1. The predicted octanol–water partition coefficient (Wildman–Crippen LogP) is 4.64. The molecule has 1 fully saturated rings. The zero-order valence-electron chi connectivity index (χ0n) is 11.9. The largest absolute Gasteiger partial charge is 0.389 e. The van der Waals surface area contributed by atoms with E-state index in [1.54, 1.807) is 13.0 Å². The van der Waals surface area contributed by atoms with Gasteiger partial charge in [0.05, 0.1) is 6.10 Å². The molecular weight excluding hydrogens is 220 g/mol. The van der Waals surface area contributed by atoms with E-state index in [-0.39, 0.29) is 6.10 Å². The molecule has 18 heavy (non-hydrogen) atoms. The van der Waals surface area contributed by atoms with E-state index in [0.29, 0.717) is 0 Å². The van der Waals surface area contributed by atoms with Crippen LogP contribution >= 0.6 is 0 Å². The van der Waals surface area contributed by atoms with E-state index in [2.05, 4.69) is 31.2 Å². The predicted molar refractivity (Wildman–Crippen MR) is 79.5 cm³/mol. The number of aliphatic hydroxyl groups excluding tert-OH is 1. The Hall–Kier alpha value is -0.820. The Balaban J connectivity index is 2.02. The van der Waals surface area contributed by atoms with Gasteiger partial charge in [0.1, 0.15) is 0 Å². The lowest BCUT2D eigenvalue weighted by Crippen LogP contribution is -1.90. The molecule has 0 spiro atoms. The van der Waals surface area contributed by atoms with Crippen LogP contribution in [-0.4, -0.2) is 11.2 Å². The summed E-state index contributed by atoms with van der Waals surface area (Å²) < 4.78 is 0. The smallest absolute Gasteiger partial charge is 0.0695 e. The molecule has 1 rings (SSSR count). The van der Waals surface area contributed by atoms with Gasteiger partial charge in [0.2, 0.25) is 0 Å². The van der Waals surface area contributed by atoms with Gasteiger partial charge in [-0.2, -0.15) is 0 Å². The molecule has 1 aliphatic carbocycles. The third kappa shape index (κ3) is 7.50. The van der Waals surface area contributed by atoms with Crippen LogP contribution < -0.4 is 0 Å². The summed E-state index contributed by atoms with van der Waals surface area (Å²) in [4.78, 5) is 0. The van der Waals surface area contributed by atoms with Gasteiger partial charge in [0.15, 0.2) is 0 Å². The van der Waals surface area contributed by atoms with Crippen LogP contribution in [0.5, 0.6) is 0 Å². The lowest BCUT2D eigenvalue weighted by Gasteiger charge is -1.93. The molecule has 0 saturated heterocycles. The molecule has 0 aliphatic heterocycles. The van der Waals surface area contributed by atoms with E-state index < -0.39 is 0 Å². The first-order valence-electron chi connectivity index (χ1n) is 7.40. The van der Waals surface area contributed by atoms with Crippen LogP contribution in [0.2, 0.25) is 0 Å². The van der Waals surface area contributed by atoms with E-state index in [0.717, 1.165) is 11.8 Å². The van der Waals surface area contributed by atoms with Crippen LogP contribution in [0.25, 0.3) is 0 Å². The Labute approximate surface area is 112 Å². The van der Waals surface area contributed by atoms with Gasteiger partial charge in [-0.1, -0.05) is 56.2 Å². The fourth-order valence-electron chi connectivity index (χ4n) is 2.16. The summed E-state index contributed by atoms with van der Waals surface area (Å²) in [5, 5.41) is 9.05. The third-order valence-electron chi connectivity index (χ3n) is 3.47. The van der Waals surface area contributed by atoms with Gasteiger partial charge >= 0.3 is 0 Å². The number of hydrogen-bond acceptors (Lipinski definition) is 1. The van der Waals surface area contributed by atoms with E-state index in [1.807, 2.05) is 6.08 Å². The SMILES string of the molecule is CCCC/C=C/CC1CC1C/C=C/C=C/C(C)O. The molecule has 1 nitrogen and oxygen atoms in total. The summed E-state index contributed by atoms with van der Waals surface area (Å²) in [6.45, 7) is 4.01.